The Bertz CT molecular complexity index is 810. The highest BCUT2D eigenvalue weighted by atomic mass is 79.9. The summed E-state index contributed by atoms with van der Waals surface area (Å²) >= 11 is 3.48. The van der Waals surface area contributed by atoms with Gasteiger partial charge in [-0.2, -0.15) is 0 Å². The van der Waals surface area contributed by atoms with Crippen molar-refractivity contribution in [3.8, 4) is 11.5 Å². The largest absolute Gasteiger partial charge is 0.493 e. The van der Waals surface area contributed by atoms with Crippen LogP contribution in [0.4, 0.5) is 4.39 Å². The van der Waals surface area contributed by atoms with E-state index in [1.807, 2.05) is 12.1 Å². The molecular weight excluding hydrogens is 415 g/mol. The van der Waals surface area contributed by atoms with Crippen molar-refractivity contribution >= 4 is 21.8 Å². The van der Waals surface area contributed by atoms with E-state index in [9.17, 15) is 9.18 Å². The average Bonchev–Trinajstić information content (AvgIpc) is 3.21. The predicted molar refractivity (Wildman–Crippen MR) is 104 cm³/mol. The molecule has 2 aromatic carbocycles. The SMILES string of the molecule is COc1cc(CNC(=O)[C@@H]2CCCN2)cc(Br)c1OCc1ccccc1F. The van der Waals surface area contributed by atoms with Crippen LogP contribution in [0.3, 0.4) is 0 Å². The fraction of sp³-hybridized carbons (Fsp3) is 0.350. The highest BCUT2D eigenvalue weighted by Gasteiger charge is 2.21. The van der Waals surface area contributed by atoms with Gasteiger partial charge in [0, 0.05) is 12.1 Å². The first-order valence-electron chi connectivity index (χ1n) is 8.82. The van der Waals surface area contributed by atoms with Crippen molar-refractivity contribution < 1.29 is 18.7 Å². The van der Waals surface area contributed by atoms with Gasteiger partial charge in [-0.15, -0.1) is 0 Å². The quantitative estimate of drug-likeness (QED) is 0.696. The molecule has 1 atom stereocenters. The Kier molecular flexibility index (Phi) is 6.68. The third-order valence-corrected chi connectivity index (χ3v) is 5.05. The fourth-order valence-corrected chi connectivity index (χ4v) is 3.61. The summed E-state index contributed by atoms with van der Waals surface area (Å²) in [6.45, 7) is 1.36. The zero-order chi connectivity index (χ0) is 19.2. The van der Waals surface area contributed by atoms with Crippen molar-refractivity contribution in [3.63, 3.8) is 0 Å². The van der Waals surface area contributed by atoms with Crippen molar-refractivity contribution in [1.29, 1.82) is 0 Å². The normalized spacial score (nSPS) is 16.2. The van der Waals surface area contributed by atoms with Crippen molar-refractivity contribution in [2.24, 2.45) is 0 Å². The zero-order valence-corrected chi connectivity index (χ0v) is 16.6. The summed E-state index contributed by atoms with van der Waals surface area (Å²) in [5, 5.41) is 6.11. The summed E-state index contributed by atoms with van der Waals surface area (Å²) in [5.41, 5.74) is 1.34. The van der Waals surface area contributed by atoms with Gasteiger partial charge in [0.05, 0.1) is 17.6 Å². The predicted octanol–water partition coefficient (Wildman–Crippen LogP) is 3.54. The van der Waals surface area contributed by atoms with Gasteiger partial charge < -0.3 is 20.1 Å². The van der Waals surface area contributed by atoms with Crippen LogP contribution in [0, 0.1) is 5.82 Å². The molecule has 1 fully saturated rings. The summed E-state index contributed by atoms with van der Waals surface area (Å²) in [6.07, 6.45) is 1.88. The summed E-state index contributed by atoms with van der Waals surface area (Å²) in [5.74, 6) is 0.701. The Morgan fingerprint density at radius 1 is 1.37 bits per heavy atom. The second-order valence-corrected chi connectivity index (χ2v) is 7.21. The number of hydrogen-bond donors (Lipinski definition) is 2. The molecule has 0 aromatic heterocycles. The third kappa shape index (κ3) is 4.99. The molecule has 5 nitrogen and oxygen atoms in total. The summed E-state index contributed by atoms with van der Waals surface area (Å²) < 4.78 is 25.7. The van der Waals surface area contributed by atoms with Gasteiger partial charge in [0.1, 0.15) is 12.4 Å². The maximum absolute atomic E-state index is 13.8. The van der Waals surface area contributed by atoms with Crippen molar-refractivity contribution in [1.82, 2.24) is 10.6 Å². The molecule has 1 heterocycles. The Hall–Kier alpha value is -2.12. The molecule has 1 saturated heterocycles. The van der Waals surface area contributed by atoms with E-state index in [4.69, 9.17) is 9.47 Å². The number of carbonyl (C=O) groups excluding carboxylic acids is 1. The van der Waals surface area contributed by atoms with Crippen LogP contribution < -0.4 is 20.1 Å². The molecule has 0 spiro atoms. The van der Waals surface area contributed by atoms with E-state index in [1.54, 1.807) is 25.3 Å². The van der Waals surface area contributed by atoms with E-state index in [0.29, 0.717) is 28.1 Å². The maximum Gasteiger partial charge on any atom is 0.237 e. The second kappa shape index (κ2) is 9.19. The van der Waals surface area contributed by atoms with Gasteiger partial charge in [0.2, 0.25) is 5.91 Å². The second-order valence-electron chi connectivity index (χ2n) is 6.36. The van der Waals surface area contributed by atoms with Gasteiger partial charge in [-0.05, 0) is 59.1 Å². The molecule has 0 bridgehead atoms. The van der Waals surface area contributed by atoms with Gasteiger partial charge in [-0.25, -0.2) is 4.39 Å². The van der Waals surface area contributed by atoms with E-state index >= 15 is 0 Å². The smallest absolute Gasteiger partial charge is 0.237 e. The lowest BCUT2D eigenvalue weighted by atomic mass is 10.1. The van der Waals surface area contributed by atoms with Crippen molar-refractivity contribution in [2.75, 3.05) is 13.7 Å². The van der Waals surface area contributed by atoms with Crippen molar-refractivity contribution in [2.45, 2.75) is 32.0 Å². The highest BCUT2D eigenvalue weighted by molar-refractivity contribution is 9.10. The molecule has 1 amide bonds. The number of ether oxygens (including phenoxy) is 2. The number of halogens is 2. The molecule has 2 aromatic rings. The number of benzene rings is 2. The lowest BCUT2D eigenvalue weighted by Gasteiger charge is -2.16. The lowest BCUT2D eigenvalue weighted by Crippen LogP contribution is -2.40. The van der Waals surface area contributed by atoms with Gasteiger partial charge >= 0.3 is 0 Å². The topological polar surface area (TPSA) is 59.6 Å². The Balaban J connectivity index is 1.67. The number of rotatable bonds is 7. The number of methoxy groups -OCH3 is 1. The molecule has 1 aliphatic heterocycles. The van der Waals surface area contributed by atoms with E-state index in [0.717, 1.165) is 24.9 Å². The van der Waals surface area contributed by atoms with Crippen LogP contribution in [0.5, 0.6) is 11.5 Å². The fourth-order valence-electron chi connectivity index (χ4n) is 3.00. The molecule has 0 saturated carbocycles. The Labute approximate surface area is 166 Å². The first kappa shape index (κ1) is 19.6. The van der Waals surface area contributed by atoms with Crippen LogP contribution in [0.25, 0.3) is 0 Å². The van der Waals surface area contributed by atoms with Crippen LogP contribution in [-0.2, 0) is 17.9 Å². The highest BCUT2D eigenvalue weighted by Crippen LogP contribution is 2.37. The minimum Gasteiger partial charge on any atom is -0.493 e. The number of amides is 1. The minimum absolute atomic E-state index is 0.00229. The molecule has 0 aliphatic carbocycles. The van der Waals surface area contributed by atoms with Crippen LogP contribution in [0.15, 0.2) is 40.9 Å². The molecule has 144 valence electrons. The molecule has 2 N–H and O–H groups in total. The molecule has 3 rings (SSSR count). The van der Waals surface area contributed by atoms with Gasteiger partial charge in [0.25, 0.3) is 0 Å². The number of hydrogen-bond acceptors (Lipinski definition) is 4. The van der Waals surface area contributed by atoms with E-state index in [2.05, 4.69) is 26.6 Å². The van der Waals surface area contributed by atoms with E-state index in [-0.39, 0.29) is 24.4 Å². The van der Waals surface area contributed by atoms with Gasteiger partial charge in [-0.1, -0.05) is 18.2 Å². The van der Waals surface area contributed by atoms with Crippen LogP contribution in [0.1, 0.15) is 24.0 Å². The first-order valence-corrected chi connectivity index (χ1v) is 9.61. The van der Waals surface area contributed by atoms with E-state index in [1.165, 1.54) is 6.07 Å². The number of carbonyl (C=O) groups is 1. The minimum atomic E-state index is -0.313. The molecular formula is C20H22BrFN2O3. The Morgan fingerprint density at radius 2 is 2.19 bits per heavy atom. The summed E-state index contributed by atoms with van der Waals surface area (Å²) in [6, 6.07) is 10.0. The van der Waals surface area contributed by atoms with Crippen LogP contribution in [-0.4, -0.2) is 25.6 Å². The lowest BCUT2D eigenvalue weighted by molar-refractivity contribution is -0.122. The molecule has 7 heteroatoms. The first-order chi connectivity index (χ1) is 13.1. The van der Waals surface area contributed by atoms with Crippen LogP contribution >= 0.6 is 15.9 Å². The monoisotopic (exact) mass is 436 g/mol. The molecule has 27 heavy (non-hydrogen) atoms. The molecule has 1 aliphatic rings. The zero-order valence-electron chi connectivity index (χ0n) is 15.1. The van der Waals surface area contributed by atoms with Crippen LogP contribution in [0.2, 0.25) is 0 Å². The van der Waals surface area contributed by atoms with Gasteiger partial charge in [0.15, 0.2) is 11.5 Å². The Morgan fingerprint density at radius 3 is 2.89 bits per heavy atom. The van der Waals surface area contributed by atoms with Gasteiger partial charge in [-0.3, -0.25) is 4.79 Å². The average molecular weight is 437 g/mol. The third-order valence-electron chi connectivity index (χ3n) is 4.46. The molecule has 0 unspecified atom stereocenters. The number of nitrogens with one attached hydrogen (secondary N) is 2. The molecule has 0 radical (unpaired) electrons. The van der Waals surface area contributed by atoms with E-state index < -0.39 is 0 Å². The summed E-state index contributed by atoms with van der Waals surface area (Å²) in [7, 11) is 1.54. The van der Waals surface area contributed by atoms with Crippen molar-refractivity contribution in [3.05, 3.63) is 57.8 Å². The maximum atomic E-state index is 13.8. The standard InChI is InChI=1S/C20H22BrFN2O3/c1-26-18-10-13(11-24-20(25)17-7-4-8-23-17)9-15(21)19(18)27-12-14-5-2-3-6-16(14)22/h2-3,5-6,9-10,17,23H,4,7-8,11-12H2,1H3,(H,24,25)/t17-/m0/s1. The summed E-state index contributed by atoms with van der Waals surface area (Å²) in [4.78, 5) is 12.1.